The summed E-state index contributed by atoms with van der Waals surface area (Å²) in [6, 6.07) is 34.6. The minimum absolute atomic E-state index is 0.0295. The molecule has 0 radical (unpaired) electrons. The van der Waals surface area contributed by atoms with E-state index < -0.39 is 0 Å². The van der Waals surface area contributed by atoms with Gasteiger partial charge in [-0.3, -0.25) is 19.4 Å². The van der Waals surface area contributed by atoms with E-state index >= 15 is 0 Å². The van der Waals surface area contributed by atoms with Gasteiger partial charge in [0.25, 0.3) is 0 Å². The van der Waals surface area contributed by atoms with E-state index in [-0.39, 0.29) is 10.9 Å². The van der Waals surface area contributed by atoms with E-state index in [1.54, 1.807) is 6.08 Å². The molecule has 0 atom stereocenters. The first-order valence-electron chi connectivity index (χ1n) is 16.6. The van der Waals surface area contributed by atoms with Crippen LogP contribution in [0.2, 0.25) is 0 Å². The fraction of sp³-hybridized carbons (Fsp3) is 0.163. The highest BCUT2D eigenvalue weighted by atomic mass is 16.1. The molecule has 0 unspecified atom stereocenters. The number of rotatable bonds is 6. The topological polar surface area (TPSA) is 80.6 Å². The number of nitrogens with one attached hydrogen (secondary N) is 1. The quantitative estimate of drug-likeness (QED) is 0.196. The molecule has 244 valence electrons. The van der Waals surface area contributed by atoms with E-state index in [0.717, 1.165) is 49.8 Å². The lowest BCUT2D eigenvalue weighted by molar-refractivity contribution is 0.691. The highest BCUT2D eigenvalue weighted by molar-refractivity contribution is 5.96. The molecule has 6 heteroatoms. The number of H-pyrrole nitrogens is 1. The predicted molar refractivity (Wildman–Crippen MR) is 203 cm³/mol. The van der Waals surface area contributed by atoms with Crippen LogP contribution >= 0.6 is 0 Å². The van der Waals surface area contributed by atoms with Crippen LogP contribution in [0.5, 0.6) is 0 Å². The number of aryl methyl sites for hydroxylation is 5. The van der Waals surface area contributed by atoms with Crippen LogP contribution in [0.15, 0.2) is 119 Å². The van der Waals surface area contributed by atoms with Crippen LogP contribution in [-0.4, -0.2) is 20.0 Å². The summed E-state index contributed by atoms with van der Waals surface area (Å²) in [5, 5.41) is 13.2. The molecule has 0 aliphatic rings. The maximum absolute atomic E-state index is 13.2. The van der Waals surface area contributed by atoms with Crippen molar-refractivity contribution in [3.63, 3.8) is 0 Å². The predicted octanol–water partition coefficient (Wildman–Crippen LogP) is 9.14. The van der Waals surface area contributed by atoms with Gasteiger partial charge >= 0.3 is 0 Å². The Morgan fingerprint density at radius 2 is 1.31 bits per heavy atom. The monoisotopic (exact) mass is 644 g/mol. The van der Waals surface area contributed by atoms with E-state index in [1.807, 2.05) is 66.2 Å². The lowest BCUT2D eigenvalue weighted by atomic mass is 9.95. The lowest BCUT2D eigenvalue weighted by Gasteiger charge is -2.15. The van der Waals surface area contributed by atoms with Gasteiger partial charge in [0.1, 0.15) is 11.4 Å². The van der Waals surface area contributed by atoms with Crippen molar-refractivity contribution in [2.45, 2.75) is 47.6 Å². The summed E-state index contributed by atoms with van der Waals surface area (Å²) < 4.78 is 1.90. The van der Waals surface area contributed by atoms with Gasteiger partial charge in [-0.1, -0.05) is 116 Å². The van der Waals surface area contributed by atoms with Gasteiger partial charge in [0.2, 0.25) is 10.9 Å². The first-order chi connectivity index (χ1) is 23.7. The maximum atomic E-state index is 13.2. The summed E-state index contributed by atoms with van der Waals surface area (Å²) in [7, 11) is 0. The Kier molecular flexibility index (Phi) is 9.49. The highest BCUT2D eigenvalue weighted by Crippen LogP contribution is 2.31. The van der Waals surface area contributed by atoms with Gasteiger partial charge in [0, 0.05) is 0 Å². The van der Waals surface area contributed by atoms with Crippen LogP contribution in [0.25, 0.3) is 50.1 Å². The van der Waals surface area contributed by atoms with Crippen molar-refractivity contribution in [2.24, 2.45) is 0 Å². The number of hydrogen-bond donors (Lipinski definition) is 1. The van der Waals surface area contributed by atoms with Crippen molar-refractivity contribution < 1.29 is 0 Å². The van der Waals surface area contributed by atoms with Crippen LogP contribution in [0.1, 0.15) is 46.1 Å². The lowest BCUT2D eigenvalue weighted by Crippen LogP contribution is -2.18. The van der Waals surface area contributed by atoms with E-state index in [9.17, 15) is 9.59 Å². The summed E-state index contributed by atoms with van der Waals surface area (Å²) in [5.41, 5.74) is 12.5. The SMILES string of the molecule is C=Cc1nn(Cc2ccccc2)c2cccc(-c3ccc(C)cc3C)c2c1=O.CCc1n[nH]c2cccc(-c3ccc(C)cc3C)c2c1=O. The van der Waals surface area contributed by atoms with Crippen molar-refractivity contribution in [2.75, 3.05) is 0 Å². The van der Waals surface area contributed by atoms with Gasteiger partial charge < -0.3 is 0 Å². The number of nitrogens with zero attached hydrogens (tertiary/aromatic N) is 3. The largest absolute Gasteiger partial charge is 0.287 e. The molecule has 0 aliphatic carbocycles. The molecule has 0 fully saturated rings. The van der Waals surface area contributed by atoms with Gasteiger partial charge in [-0.25, -0.2) is 0 Å². The molecular formula is C43H40N4O2. The van der Waals surface area contributed by atoms with Crippen molar-refractivity contribution >= 4 is 27.9 Å². The van der Waals surface area contributed by atoms with Crippen LogP contribution in [-0.2, 0) is 13.0 Å². The van der Waals surface area contributed by atoms with E-state index in [1.165, 1.54) is 16.7 Å². The zero-order chi connectivity index (χ0) is 34.7. The van der Waals surface area contributed by atoms with Crippen LogP contribution in [0.4, 0.5) is 0 Å². The standard InChI is InChI=1S/C25H22N2O.C18H18N2O/c1-4-22-25(28)24-21(20-14-13-17(2)15-18(20)3)11-8-12-23(24)27(26-22)16-19-9-6-5-7-10-19;1-4-15-18(21)17-14(6-5-7-16(17)20-19-15)13-9-8-11(2)10-12(13)3/h4-15H,1,16H2,2-3H3;5-10H,4H2,1-3H3,(H,20,21). The molecule has 7 aromatic rings. The van der Waals surface area contributed by atoms with Gasteiger partial charge in [0.05, 0.1) is 28.4 Å². The molecule has 0 aliphatic heterocycles. The summed E-state index contributed by atoms with van der Waals surface area (Å²) in [6.45, 7) is 14.7. The molecule has 0 amide bonds. The smallest absolute Gasteiger partial charge is 0.215 e. The first-order valence-corrected chi connectivity index (χ1v) is 16.6. The number of benzene rings is 5. The van der Waals surface area contributed by atoms with Crippen LogP contribution in [0, 0.1) is 27.7 Å². The Morgan fingerprint density at radius 3 is 1.90 bits per heavy atom. The van der Waals surface area contributed by atoms with Crippen molar-refractivity contribution in [1.82, 2.24) is 20.0 Å². The third kappa shape index (κ3) is 6.63. The Balaban J connectivity index is 0.000000177. The maximum Gasteiger partial charge on any atom is 0.215 e. The molecule has 0 saturated heterocycles. The number of aromatic nitrogens is 4. The van der Waals surface area contributed by atoms with Gasteiger partial charge in [0.15, 0.2) is 0 Å². The molecule has 7 rings (SSSR count). The van der Waals surface area contributed by atoms with Crippen molar-refractivity contribution in [1.29, 1.82) is 0 Å². The molecular weight excluding hydrogens is 604 g/mol. The molecule has 0 spiro atoms. The zero-order valence-electron chi connectivity index (χ0n) is 28.7. The Morgan fingerprint density at radius 1 is 0.694 bits per heavy atom. The molecule has 6 nitrogen and oxygen atoms in total. The average molecular weight is 645 g/mol. The number of fused-ring (bicyclic) bond motifs is 2. The minimum atomic E-state index is -0.0788. The van der Waals surface area contributed by atoms with Gasteiger partial charge in [-0.15, -0.1) is 0 Å². The van der Waals surface area contributed by atoms with Gasteiger partial charge in [-0.05, 0) is 91.3 Å². The second-order valence-electron chi connectivity index (χ2n) is 12.5. The molecule has 5 aromatic carbocycles. The van der Waals surface area contributed by atoms with Crippen molar-refractivity contribution in [3.8, 4) is 22.3 Å². The molecule has 2 heterocycles. The summed E-state index contributed by atoms with van der Waals surface area (Å²) in [5.74, 6) is 0. The van der Waals surface area contributed by atoms with Gasteiger partial charge in [-0.2, -0.15) is 10.2 Å². The zero-order valence-corrected chi connectivity index (χ0v) is 28.7. The highest BCUT2D eigenvalue weighted by Gasteiger charge is 2.16. The summed E-state index contributed by atoms with van der Waals surface area (Å²) in [6.07, 6.45) is 2.18. The Bertz CT molecular complexity index is 2460. The number of aromatic amines is 1. The fourth-order valence-corrected chi connectivity index (χ4v) is 6.49. The average Bonchev–Trinajstić information content (AvgIpc) is 3.10. The Labute approximate surface area is 286 Å². The van der Waals surface area contributed by atoms with E-state index in [2.05, 4.69) is 98.1 Å². The van der Waals surface area contributed by atoms with Crippen LogP contribution in [0.3, 0.4) is 0 Å². The van der Waals surface area contributed by atoms with E-state index in [4.69, 9.17) is 0 Å². The second-order valence-corrected chi connectivity index (χ2v) is 12.5. The number of hydrogen-bond acceptors (Lipinski definition) is 4. The third-order valence-electron chi connectivity index (χ3n) is 8.92. The summed E-state index contributed by atoms with van der Waals surface area (Å²) in [4.78, 5) is 25.8. The molecule has 49 heavy (non-hydrogen) atoms. The first kappa shape index (κ1) is 33.0. The Hall–Kier alpha value is -5.88. The molecule has 0 bridgehead atoms. The minimum Gasteiger partial charge on any atom is -0.287 e. The van der Waals surface area contributed by atoms with Crippen molar-refractivity contribution in [3.05, 3.63) is 169 Å². The molecule has 1 N–H and O–H groups in total. The summed E-state index contributed by atoms with van der Waals surface area (Å²) >= 11 is 0. The normalized spacial score (nSPS) is 11.0. The molecule has 2 aromatic heterocycles. The molecule has 0 saturated carbocycles. The fourth-order valence-electron chi connectivity index (χ4n) is 6.49. The second kappa shape index (κ2) is 14.1. The third-order valence-corrected chi connectivity index (χ3v) is 8.92. The van der Waals surface area contributed by atoms with Crippen LogP contribution < -0.4 is 10.9 Å². The van der Waals surface area contributed by atoms with E-state index in [0.29, 0.717) is 29.7 Å².